The SMILES string of the molecule is NC(=O)c1ccc2c(=O)c3ccccc3oc2c1C(N)=O. The molecule has 0 aliphatic heterocycles. The topological polar surface area (TPSA) is 116 Å². The molecule has 3 rings (SSSR count). The molecule has 1 aromatic heterocycles. The van der Waals surface area contributed by atoms with Gasteiger partial charge in [0.1, 0.15) is 5.58 Å². The monoisotopic (exact) mass is 282 g/mol. The zero-order valence-corrected chi connectivity index (χ0v) is 10.8. The molecule has 0 bridgehead atoms. The summed E-state index contributed by atoms with van der Waals surface area (Å²) in [6.07, 6.45) is 0. The van der Waals surface area contributed by atoms with Gasteiger partial charge in [0.05, 0.1) is 21.9 Å². The molecule has 0 aliphatic rings. The van der Waals surface area contributed by atoms with E-state index in [1.165, 1.54) is 12.1 Å². The van der Waals surface area contributed by atoms with Gasteiger partial charge in [-0.1, -0.05) is 12.1 Å². The Balaban J connectivity index is 2.59. The summed E-state index contributed by atoms with van der Waals surface area (Å²) in [6, 6.07) is 9.32. The lowest BCUT2D eigenvalue weighted by Gasteiger charge is -2.07. The minimum atomic E-state index is -0.882. The number of fused-ring (bicyclic) bond motifs is 2. The fourth-order valence-corrected chi connectivity index (χ4v) is 2.32. The summed E-state index contributed by atoms with van der Waals surface area (Å²) in [5, 5.41) is 0.555. The molecule has 2 aromatic carbocycles. The van der Waals surface area contributed by atoms with Crippen LogP contribution >= 0.6 is 0 Å². The van der Waals surface area contributed by atoms with E-state index in [1.807, 2.05) is 0 Å². The molecule has 0 atom stereocenters. The van der Waals surface area contributed by atoms with Crippen LogP contribution < -0.4 is 16.9 Å². The maximum absolute atomic E-state index is 12.4. The normalized spacial score (nSPS) is 10.9. The Morgan fingerprint density at radius 2 is 1.62 bits per heavy atom. The van der Waals surface area contributed by atoms with Gasteiger partial charge in [0, 0.05) is 0 Å². The average molecular weight is 282 g/mol. The molecule has 6 nitrogen and oxygen atoms in total. The lowest BCUT2D eigenvalue weighted by molar-refractivity contribution is 0.0967. The number of benzene rings is 2. The zero-order chi connectivity index (χ0) is 15.1. The predicted molar refractivity (Wildman–Crippen MR) is 77.0 cm³/mol. The minimum absolute atomic E-state index is 0.0255. The average Bonchev–Trinajstić information content (AvgIpc) is 2.46. The highest BCUT2D eigenvalue weighted by molar-refractivity contribution is 6.14. The van der Waals surface area contributed by atoms with E-state index in [0.717, 1.165) is 0 Å². The van der Waals surface area contributed by atoms with Gasteiger partial charge < -0.3 is 15.9 Å². The van der Waals surface area contributed by atoms with E-state index in [2.05, 4.69) is 0 Å². The molecule has 0 spiro atoms. The molecule has 104 valence electrons. The maximum atomic E-state index is 12.4. The fourth-order valence-electron chi connectivity index (χ4n) is 2.32. The number of nitrogens with two attached hydrogens (primary N) is 2. The van der Waals surface area contributed by atoms with Crippen molar-refractivity contribution in [1.29, 1.82) is 0 Å². The van der Waals surface area contributed by atoms with E-state index >= 15 is 0 Å². The van der Waals surface area contributed by atoms with Crippen molar-refractivity contribution in [2.45, 2.75) is 0 Å². The second-order valence-electron chi connectivity index (χ2n) is 4.52. The van der Waals surface area contributed by atoms with Crippen LogP contribution in [0.3, 0.4) is 0 Å². The Morgan fingerprint density at radius 3 is 2.29 bits per heavy atom. The van der Waals surface area contributed by atoms with Crippen LogP contribution in [0.1, 0.15) is 20.7 Å². The second-order valence-corrected chi connectivity index (χ2v) is 4.52. The van der Waals surface area contributed by atoms with Crippen molar-refractivity contribution in [3.8, 4) is 0 Å². The number of carbonyl (C=O) groups excluding carboxylic acids is 2. The first-order valence-corrected chi connectivity index (χ1v) is 6.09. The summed E-state index contributed by atoms with van der Waals surface area (Å²) in [4.78, 5) is 35.5. The largest absolute Gasteiger partial charge is 0.455 e. The quantitative estimate of drug-likeness (QED) is 0.685. The molecule has 21 heavy (non-hydrogen) atoms. The number of amides is 2. The van der Waals surface area contributed by atoms with Crippen molar-refractivity contribution < 1.29 is 14.0 Å². The van der Waals surface area contributed by atoms with Crippen LogP contribution in [-0.2, 0) is 0 Å². The van der Waals surface area contributed by atoms with Gasteiger partial charge in [0.25, 0.3) is 5.91 Å². The van der Waals surface area contributed by atoms with Crippen LogP contribution in [0.4, 0.5) is 0 Å². The van der Waals surface area contributed by atoms with Gasteiger partial charge in [0.15, 0.2) is 5.58 Å². The van der Waals surface area contributed by atoms with E-state index in [-0.39, 0.29) is 27.5 Å². The Hall–Kier alpha value is -3.15. The van der Waals surface area contributed by atoms with Gasteiger partial charge in [0.2, 0.25) is 11.3 Å². The third kappa shape index (κ3) is 1.85. The lowest BCUT2D eigenvalue weighted by Crippen LogP contribution is -2.21. The molecule has 1 heterocycles. The number of carbonyl (C=O) groups is 2. The molecule has 0 saturated carbocycles. The van der Waals surface area contributed by atoms with Gasteiger partial charge >= 0.3 is 0 Å². The van der Waals surface area contributed by atoms with Crippen LogP contribution in [-0.4, -0.2) is 11.8 Å². The van der Waals surface area contributed by atoms with Gasteiger partial charge in [-0.15, -0.1) is 0 Å². The molecule has 6 heteroatoms. The van der Waals surface area contributed by atoms with Crippen LogP contribution in [0.15, 0.2) is 45.6 Å². The van der Waals surface area contributed by atoms with Crippen LogP contribution in [0.25, 0.3) is 21.9 Å². The third-order valence-electron chi connectivity index (χ3n) is 3.26. The van der Waals surface area contributed by atoms with Gasteiger partial charge in [-0.25, -0.2) is 0 Å². The lowest BCUT2D eigenvalue weighted by atomic mass is 10.0. The van der Waals surface area contributed by atoms with Crippen molar-refractivity contribution >= 4 is 33.8 Å². The summed E-state index contributed by atoms with van der Waals surface area (Å²) < 4.78 is 5.60. The summed E-state index contributed by atoms with van der Waals surface area (Å²) in [5.74, 6) is -1.70. The van der Waals surface area contributed by atoms with Gasteiger partial charge in [-0.05, 0) is 24.3 Å². The first kappa shape index (κ1) is 12.9. The second kappa shape index (κ2) is 4.45. The first-order chi connectivity index (χ1) is 10.0. The van der Waals surface area contributed by atoms with Crippen LogP contribution in [0.5, 0.6) is 0 Å². The molecule has 0 saturated heterocycles. The van der Waals surface area contributed by atoms with E-state index in [1.54, 1.807) is 24.3 Å². The zero-order valence-electron chi connectivity index (χ0n) is 10.8. The Kier molecular flexibility index (Phi) is 2.72. The van der Waals surface area contributed by atoms with Crippen molar-refractivity contribution in [2.24, 2.45) is 11.5 Å². The molecule has 0 unspecified atom stereocenters. The van der Waals surface area contributed by atoms with E-state index in [0.29, 0.717) is 11.0 Å². The fraction of sp³-hybridized carbons (Fsp3) is 0. The summed E-state index contributed by atoms with van der Waals surface area (Å²) >= 11 is 0. The smallest absolute Gasteiger partial charge is 0.253 e. The van der Waals surface area contributed by atoms with E-state index < -0.39 is 11.8 Å². The summed E-state index contributed by atoms with van der Waals surface area (Å²) in [5.41, 5.74) is 10.3. The van der Waals surface area contributed by atoms with Gasteiger partial charge in [-0.2, -0.15) is 0 Å². The van der Waals surface area contributed by atoms with Gasteiger partial charge in [-0.3, -0.25) is 14.4 Å². The summed E-state index contributed by atoms with van der Waals surface area (Å²) in [7, 11) is 0. The number of rotatable bonds is 2. The molecule has 0 aliphatic carbocycles. The van der Waals surface area contributed by atoms with Crippen molar-refractivity contribution in [2.75, 3.05) is 0 Å². The molecular formula is C15H10N2O4. The highest BCUT2D eigenvalue weighted by Gasteiger charge is 2.20. The molecule has 0 radical (unpaired) electrons. The van der Waals surface area contributed by atoms with E-state index in [9.17, 15) is 14.4 Å². The standard InChI is InChI=1S/C15H10N2O4/c16-14(19)8-5-6-9-12(18)7-3-1-2-4-10(7)21-13(9)11(8)15(17)20/h1-6H,(H2,16,19)(H2,17,20). The molecule has 0 fully saturated rings. The molecular weight excluding hydrogens is 272 g/mol. The van der Waals surface area contributed by atoms with Crippen LogP contribution in [0.2, 0.25) is 0 Å². The first-order valence-electron chi connectivity index (χ1n) is 6.09. The predicted octanol–water partition coefficient (Wildman–Crippen LogP) is 1.14. The summed E-state index contributed by atoms with van der Waals surface area (Å²) in [6.45, 7) is 0. The van der Waals surface area contributed by atoms with E-state index in [4.69, 9.17) is 15.9 Å². The highest BCUT2D eigenvalue weighted by atomic mass is 16.3. The number of hydrogen-bond acceptors (Lipinski definition) is 4. The molecule has 4 N–H and O–H groups in total. The van der Waals surface area contributed by atoms with Crippen molar-refractivity contribution in [3.63, 3.8) is 0 Å². The third-order valence-corrected chi connectivity index (χ3v) is 3.26. The van der Waals surface area contributed by atoms with Crippen molar-refractivity contribution in [3.05, 3.63) is 57.7 Å². The Bertz CT molecular complexity index is 972. The maximum Gasteiger partial charge on any atom is 0.253 e. The number of hydrogen-bond donors (Lipinski definition) is 2. The Morgan fingerprint density at radius 1 is 0.905 bits per heavy atom. The molecule has 2 amide bonds. The highest BCUT2D eigenvalue weighted by Crippen LogP contribution is 2.24. The minimum Gasteiger partial charge on any atom is -0.455 e. The molecule has 3 aromatic rings. The number of primary amides is 2. The van der Waals surface area contributed by atoms with Crippen molar-refractivity contribution in [1.82, 2.24) is 0 Å². The Labute approximate surface area is 117 Å². The number of para-hydroxylation sites is 1. The van der Waals surface area contributed by atoms with Crippen LogP contribution in [0, 0.1) is 0 Å².